The Morgan fingerprint density at radius 3 is 2.83 bits per heavy atom. The summed E-state index contributed by atoms with van der Waals surface area (Å²) in [6.45, 7) is 5.05. The minimum Gasteiger partial charge on any atom is -0.495 e. The molecule has 0 aliphatic heterocycles. The number of halogens is 1. The van der Waals surface area contributed by atoms with Crippen LogP contribution in [0.4, 0.5) is 5.69 Å². The molecular weight excluding hydrogens is 428 g/mol. The zero-order chi connectivity index (χ0) is 20.8. The number of nitrogens with one attached hydrogen (secondary N) is 1. The minimum absolute atomic E-state index is 0.160. The van der Waals surface area contributed by atoms with Crippen LogP contribution in [0, 0.1) is 0 Å². The van der Waals surface area contributed by atoms with Crippen molar-refractivity contribution in [1.29, 1.82) is 0 Å². The maximum atomic E-state index is 12.5. The van der Waals surface area contributed by atoms with Crippen LogP contribution in [-0.4, -0.2) is 33.5 Å². The summed E-state index contributed by atoms with van der Waals surface area (Å²) in [7, 11) is 1.55. The number of carbonyl (C=O) groups is 1. The van der Waals surface area contributed by atoms with Crippen molar-refractivity contribution in [2.45, 2.75) is 38.4 Å². The summed E-state index contributed by atoms with van der Waals surface area (Å²) < 4.78 is 7.36. The number of nitrogens with zero attached hydrogens (tertiary/aromatic N) is 3. The van der Waals surface area contributed by atoms with E-state index in [1.807, 2.05) is 0 Å². The van der Waals surface area contributed by atoms with Gasteiger partial charge < -0.3 is 14.6 Å². The van der Waals surface area contributed by atoms with Gasteiger partial charge in [-0.2, -0.15) is 0 Å². The average Bonchev–Trinajstić information content (AvgIpc) is 3.33. The number of amides is 1. The van der Waals surface area contributed by atoms with Crippen molar-refractivity contribution in [2.24, 2.45) is 0 Å². The summed E-state index contributed by atoms with van der Waals surface area (Å²) in [6, 6.07) is 7.27. The minimum atomic E-state index is -0.160. The van der Waals surface area contributed by atoms with Gasteiger partial charge in [-0.05, 0) is 37.1 Å². The molecule has 0 bridgehead atoms. The molecule has 0 unspecified atom stereocenters. The van der Waals surface area contributed by atoms with Crippen LogP contribution in [0.15, 0.2) is 34.8 Å². The first kappa shape index (κ1) is 21.7. The molecule has 0 saturated heterocycles. The van der Waals surface area contributed by atoms with Crippen molar-refractivity contribution in [3.05, 3.63) is 39.5 Å². The van der Waals surface area contributed by atoms with Gasteiger partial charge in [0.25, 0.3) is 0 Å². The quantitative estimate of drug-likeness (QED) is 0.443. The second-order valence-electron chi connectivity index (χ2n) is 6.29. The Morgan fingerprint density at radius 1 is 1.31 bits per heavy atom. The van der Waals surface area contributed by atoms with Crippen molar-refractivity contribution in [3.63, 3.8) is 0 Å². The van der Waals surface area contributed by atoms with E-state index in [-0.39, 0.29) is 11.7 Å². The lowest BCUT2D eigenvalue weighted by molar-refractivity contribution is -0.113. The molecule has 0 spiro atoms. The maximum absolute atomic E-state index is 12.5. The third-order valence-electron chi connectivity index (χ3n) is 4.19. The molecule has 1 N–H and O–H groups in total. The molecule has 2 aromatic heterocycles. The van der Waals surface area contributed by atoms with Gasteiger partial charge in [0.05, 0.1) is 18.6 Å². The number of aromatic nitrogens is 3. The Morgan fingerprint density at radius 2 is 2.14 bits per heavy atom. The fourth-order valence-electron chi connectivity index (χ4n) is 2.81. The van der Waals surface area contributed by atoms with Crippen LogP contribution >= 0.6 is 34.7 Å². The second kappa shape index (κ2) is 10.1. The van der Waals surface area contributed by atoms with Crippen molar-refractivity contribution in [1.82, 2.24) is 14.8 Å². The van der Waals surface area contributed by atoms with Gasteiger partial charge in [-0.15, -0.1) is 21.5 Å². The first-order valence-electron chi connectivity index (χ1n) is 9.32. The lowest BCUT2D eigenvalue weighted by Crippen LogP contribution is -2.15. The summed E-state index contributed by atoms with van der Waals surface area (Å²) in [5.74, 6) is 1.46. The van der Waals surface area contributed by atoms with Crippen LogP contribution in [-0.2, 0) is 17.8 Å². The van der Waals surface area contributed by atoms with E-state index in [9.17, 15) is 4.79 Å². The monoisotopic (exact) mass is 450 g/mol. The zero-order valence-corrected chi connectivity index (χ0v) is 19.0. The smallest absolute Gasteiger partial charge is 0.234 e. The third kappa shape index (κ3) is 5.32. The first-order valence-corrected chi connectivity index (χ1v) is 11.6. The Kier molecular flexibility index (Phi) is 7.57. The molecule has 154 valence electrons. The number of ether oxygens (including phenoxy) is 1. The normalized spacial score (nSPS) is 10.9. The Balaban J connectivity index is 1.72. The number of aryl methyl sites for hydroxylation is 1. The van der Waals surface area contributed by atoms with Crippen LogP contribution in [0.25, 0.3) is 11.4 Å². The van der Waals surface area contributed by atoms with Crippen molar-refractivity contribution >= 4 is 46.3 Å². The van der Waals surface area contributed by atoms with E-state index >= 15 is 0 Å². The lowest BCUT2D eigenvalue weighted by Gasteiger charge is -2.11. The molecule has 0 aliphatic rings. The molecule has 6 nitrogen and oxygen atoms in total. The molecule has 0 fully saturated rings. The van der Waals surface area contributed by atoms with Gasteiger partial charge >= 0.3 is 0 Å². The Labute approximate surface area is 183 Å². The van der Waals surface area contributed by atoms with E-state index in [2.05, 4.69) is 45.4 Å². The summed E-state index contributed by atoms with van der Waals surface area (Å²) in [5, 5.41) is 14.9. The van der Waals surface area contributed by atoms with Gasteiger partial charge in [0, 0.05) is 27.4 Å². The van der Waals surface area contributed by atoms with Crippen LogP contribution in [0.3, 0.4) is 0 Å². The number of methoxy groups -OCH3 is 1. The molecule has 1 aromatic carbocycles. The number of thioether (sulfide) groups is 1. The molecule has 29 heavy (non-hydrogen) atoms. The topological polar surface area (TPSA) is 69.0 Å². The fourth-order valence-corrected chi connectivity index (χ4v) is 4.56. The number of benzene rings is 1. The molecule has 0 atom stereocenters. The number of anilines is 1. The molecule has 3 rings (SSSR count). The second-order valence-corrected chi connectivity index (χ2v) is 8.67. The van der Waals surface area contributed by atoms with Gasteiger partial charge in [-0.1, -0.05) is 37.2 Å². The molecule has 0 aliphatic carbocycles. The Bertz CT molecular complexity index is 987. The highest BCUT2D eigenvalue weighted by Crippen LogP contribution is 2.30. The molecule has 0 saturated carbocycles. The lowest BCUT2D eigenvalue weighted by atomic mass is 10.2. The van der Waals surface area contributed by atoms with Crippen molar-refractivity contribution in [2.75, 3.05) is 18.2 Å². The van der Waals surface area contributed by atoms with Gasteiger partial charge in [0.15, 0.2) is 11.0 Å². The summed E-state index contributed by atoms with van der Waals surface area (Å²) >= 11 is 9.12. The molecule has 0 radical (unpaired) electrons. The highest BCUT2D eigenvalue weighted by molar-refractivity contribution is 7.99. The standard InChI is InChI=1S/C20H23ClN4O2S2/c1-4-8-25-19(13-9-15(5-2)28-11-13)23-24-20(25)29-12-18(26)22-16-10-14(21)6-7-17(16)27-3/h6-7,9-11H,4-5,8,12H2,1-3H3,(H,22,26). The maximum Gasteiger partial charge on any atom is 0.234 e. The van der Waals surface area contributed by atoms with E-state index in [1.165, 1.54) is 16.6 Å². The third-order valence-corrected chi connectivity index (χ3v) is 6.48. The van der Waals surface area contributed by atoms with E-state index in [1.54, 1.807) is 36.6 Å². The fraction of sp³-hybridized carbons (Fsp3) is 0.350. The van der Waals surface area contributed by atoms with Crippen molar-refractivity contribution < 1.29 is 9.53 Å². The van der Waals surface area contributed by atoms with E-state index in [4.69, 9.17) is 16.3 Å². The van der Waals surface area contributed by atoms with Crippen LogP contribution < -0.4 is 10.1 Å². The average molecular weight is 451 g/mol. The summed E-state index contributed by atoms with van der Waals surface area (Å²) in [4.78, 5) is 13.8. The highest BCUT2D eigenvalue weighted by atomic mass is 35.5. The van der Waals surface area contributed by atoms with E-state index in [0.29, 0.717) is 16.5 Å². The van der Waals surface area contributed by atoms with Crippen molar-refractivity contribution in [3.8, 4) is 17.1 Å². The van der Waals surface area contributed by atoms with E-state index < -0.39 is 0 Å². The number of hydrogen-bond donors (Lipinski definition) is 1. The number of hydrogen-bond acceptors (Lipinski definition) is 6. The van der Waals surface area contributed by atoms with Gasteiger partial charge in [0.2, 0.25) is 5.91 Å². The van der Waals surface area contributed by atoms with E-state index in [0.717, 1.165) is 35.9 Å². The summed E-state index contributed by atoms with van der Waals surface area (Å²) in [6.07, 6.45) is 1.95. The number of rotatable bonds is 9. The predicted molar refractivity (Wildman–Crippen MR) is 120 cm³/mol. The van der Waals surface area contributed by atoms with Crippen LogP contribution in [0.5, 0.6) is 5.75 Å². The predicted octanol–water partition coefficient (Wildman–Crippen LogP) is 5.37. The number of carbonyl (C=O) groups excluding carboxylic acids is 1. The van der Waals surface area contributed by atoms with Gasteiger partial charge in [-0.3, -0.25) is 4.79 Å². The molecule has 3 aromatic rings. The number of thiophene rings is 1. The summed E-state index contributed by atoms with van der Waals surface area (Å²) in [5.41, 5.74) is 1.62. The highest BCUT2D eigenvalue weighted by Gasteiger charge is 2.17. The van der Waals surface area contributed by atoms with Crippen LogP contribution in [0.1, 0.15) is 25.1 Å². The largest absolute Gasteiger partial charge is 0.495 e. The zero-order valence-electron chi connectivity index (χ0n) is 16.6. The molecular formula is C20H23ClN4O2S2. The molecule has 2 heterocycles. The van der Waals surface area contributed by atoms with Gasteiger partial charge in [-0.25, -0.2) is 0 Å². The Hall–Kier alpha value is -2.03. The molecule has 1 amide bonds. The van der Waals surface area contributed by atoms with Crippen LogP contribution in [0.2, 0.25) is 5.02 Å². The first-order chi connectivity index (χ1) is 14.0. The molecule has 9 heteroatoms. The SMILES string of the molecule is CCCn1c(SCC(=O)Nc2cc(Cl)ccc2OC)nnc1-c1csc(CC)c1. The van der Waals surface area contributed by atoms with Gasteiger partial charge in [0.1, 0.15) is 5.75 Å².